The molecular weight excluding hydrogens is 246 g/mol. The zero-order valence-corrected chi connectivity index (χ0v) is 14.2. The van der Waals surface area contributed by atoms with E-state index in [1.165, 1.54) is 69.2 Å². The van der Waals surface area contributed by atoms with Crippen LogP contribution in [0.15, 0.2) is 0 Å². The van der Waals surface area contributed by atoms with Crippen LogP contribution in [0, 0.1) is 0 Å². The van der Waals surface area contributed by atoms with Gasteiger partial charge in [-0.05, 0) is 38.8 Å². The summed E-state index contributed by atoms with van der Waals surface area (Å²) in [5.74, 6) is 0. The highest BCUT2D eigenvalue weighted by Gasteiger charge is 2.44. The van der Waals surface area contributed by atoms with Crippen molar-refractivity contribution in [2.45, 2.75) is 70.5 Å². The number of likely N-dealkylation sites (tertiary alicyclic amines) is 1. The maximum atomic E-state index is 3.69. The van der Waals surface area contributed by atoms with E-state index >= 15 is 0 Å². The zero-order valence-electron chi connectivity index (χ0n) is 14.2. The van der Waals surface area contributed by atoms with E-state index in [0.717, 1.165) is 18.1 Å². The Morgan fingerprint density at radius 1 is 1.10 bits per heavy atom. The molecule has 2 aliphatic heterocycles. The van der Waals surface area contributed by atoms with Crippen LogP contribution in [0.5, 0.6) is 0 Å². The van der Waals surface area contributed by atoms with Crippen LogP contribution in [0.2, 0.25) is 0 Å². The molecule has 0 aromatic rings. The Labute approximate surface area is 126 Å². The smallest absolute Gasteiger partial charge is 0.102 e. The number of rotatable bonds is 7. The van der Waals surface area contributed by atoms with Crippen LogP contribution in [-0.2, 0) is 0 Å². The molecule has 3 nitrogen and oxygen atoms in total. The number of fused-ring (bicyclic) bond motifs is 2. The summed E-state index contributed by atoms with van der Waals surface area (Å²) in [6.07, 6.45) is 8.16. The van der Waals surface area contributed by atoms with E-state index in [1.54, 1.807) is 0 Å². The van der Waals surface area contributed by atoms with Gasteiger partial charge >= 0.3 is 0 Å². The van der Waals surface area contributed by atoms with Gasteiger partial charge in [0.25, 0.3) is 0 Å². The van der Waals surface area contributed by atoms with Crippen molar-refractivity contribution in [1.29, 1.82) is 0 Å². The van der Waals surface area contributed by atoms with Gasteiger partial charge in [-0.2, -0.15) is 0 Å². The Morgan fingerprint density at radius 3 is 2.25 bits per heavy atom. The van der Waals surface area contributed by atoms with Gasteiger partial charge in [-0.15, -0.1) is 0 Å². The van der Waals surface area contributed by atoms with E-state index in [2.05, 4.69) is 38.2 Å². The van der Waals surface area contributed by atoms with Crippen LogP contribution in [0.25, 0.3) is 0 Å². The van der Waals surface area contributed by atoms with E-state index in [-0.39, 0.29) is 0 Å². The molecule has 1 N–H and O–H groups in total. The normalized spacial score (nSPS) is 29.9. The van der Waals surface area contributed by atoms with Gasteiger partial charge in [0.2, 0.25) is 0 Å². The number of nitrogens with one attached hydrogen (secondary N) is 1. The summed E-state index contributed by atoms with van der Waals surface area (Å²) in [7, 11) is 4.92. The van der Waals surface area contributed by atoms with Crippen molar-refractivity contribution in [2.24, 2.45) is 0 Å². The van der Waals surface area contributed by atoms with Crippen molar-refractivity contribution in [3.63, 3.8) is 0 Å². The van der Waals surface area contributed by atoms with Gasteiger partial charge in [-0.1, -0.05) is 13.8 Å². The summed E-state index contributed by atoms with van der Waals surface area (Å²) >= 11 is 0. The lowest BCUT2D eigenvalue weighted by Crippen LogP contribution is -2.68. The number of hydrogen-bond acceptors (Lipinski definition) is 2. The molecule has 0 amide bonds. The molecule has 3 heteroatoms. The van der Waals surface area contributed by atoms with Gasteiger partial charge < -0.3 is 9.80 Å². The SMILES string of the molecule is CCC(CC)NCCCN1CC2CCCC(C1)[N+]2(C)C. The molecular formula is C17H36N3+. The standard InChI is InChI=1S/C17H36N3/c1-5-15(6-2)18-11-8-12-19-13-16-9-7-10-17(14-19)20(16,3)4/h15-18H,5-14H2,1-4H3/q+1. The van der Waals surface area contributed by atoms with E-state index < -0.39 is 0 Å². The average Bonchev–Trinajstić information content (AvgIpc) is 2.39. The molecule has 118 valence electrons. The lowest BCUT2D eigenvalue weighted by molar-refractivity contribution is -0.948. The molecule has 0 aliphatic carbocycles. The van der Waals surface area contributed by atoms with Gasteiger partial charge in [0.05, 0.1) is 27.2 Å². The molecule has 20 heavy (non-hydrogen) atoms. The molecule has 2 fully saturated rings. The molecule has 2 saturated heterocycles. The first-order valence-electron chi connectivity index (χ1n) is 8.87. The Kier molecular flexibility index (Phi) is 5.88. The number of quaternary nitrogens is 1. The molecule has 0 aromatic carbocycles. The minimum atomic E-state index is 0.728. The van der Waals surface area contributed by atoms with Gasteiger partial charge in [0, 0.05) is 18.9 Å². The number of piperazine rings is 1. The quantitative estimate of drug-likeness (QED) is 0.570. The Hall–Kier alpha value is -0.120. The fourth-order valence-corrected chi connectivity index (χ4v) is 4.20. The summed E-state index contributed by atoms with van der Waals surface area (Å²) < 4.78 is 1.28. The van der Waals surface area contributed by atoms with Crippen LogP contribution >= 0.6 is 0 Å². The highest BCUT2D eigenvalue weighted by Crippen LogP contribution is 2.32. The third-order valence-corrected chi connectivity index (χ3v) is 5.96. The zero-order chi connectivity index (χ0) is 14.6. The third-order valence-electron chi connectivity index (χ3n) is 5.96. The lowest BCUT2D eigenvalue weighted by Gasteiger charge is -2.54. The number of nitrogens with zero attached hydrogens (tertiary/aromatic N) is 2. The molecule has 2 bridgehead atoms. The summed E-state index contributed by atoms with van der Waals surface area (Å²) in [4.78, 5) is 2.74. The van der Waals surface area contributed by atoms with E-state index in [4.69, 9.17) is 0 Å². The first-order chi connectivity index (χ1) is 9.57. The third kappa shape index (κ3) is 3.75. The maximum Gasteiger partial charge on any atom is 0.102 e. The average molecular weight is 282 g/mol. The second-order valence-corrected chi connectivity index (χ2v) is 7.45. The molecule has 0 saturated carbocycles. The summed E-state index contributed by atoms with van der Waals surface area (Å²) in [6, 6.07) is 2.50. The maximum absolute atomic E-state index is 3.69. The van der Waals surface area contributed by atoms with Crippen molar-refractivity contribution >= 4 is 0 Å². The Bertz CT molecular complexity index is 270. The van der Waals surface area contributed by atoms with Crippen molar-refractivity contribution in [3.8, 4) is 0 Å². The molecule has 2 rings (SSSR count). The first-order valence-corrected chi connectivity index (χ1v) is 8.87. The van der Waals surface area contributed by atoms with Gasteiger partial charge in [0.1, 0.15) is 12.1 Å². The van der Waals surface area contributed by atoms with Crippen LogP contribution in [0.4, 0.5) is 0 Å². The van der Waals surface area contributed by atoms with Crippen molar-refractivity contribution in [1.82, 2.24) is 10.2 Å². The van der Waals surface area contributed by atoms with Crippen LogP contribution in [0.3, 0.4) is 0 Å². The largest absolute Gasteiger partial charge is 0.322 e. The van der Waals surface area contributed by atoms with Crippen molar-refractivity contribution in [2.75, 3.05) is 40.3 Å². The summed E-state index contributed by atoms with van der Waals surface area (Å²) in [5.41, 5.74) is 0. The van der Waals surface area contributed by atoms with Crippen LogP contribution in [-0.4, -0.2) is 67.8 Å². The number of piperidine rings is 1. The number of likely N-dealkylation sites (N-methyl/N-ethyl adjacent to an activating group) is 1. The minimum absolute atomic E-state index is 0.728. The molecule has 2 unspecified atom stereocenters. The van der Waals surface area contributed by atoms with Crippen molar-refractivity contribution < 1.29 is 4.48 Å². The Balaban J connectivity index is 1.70. The van der Waals surface area contributed by atoms with E-state index in [9.17, 15) is 0 Å². The molecule has 0 spiro atoms. The number of hydrogen-bond donors (Lipinski definition) is 1. The summed E-state index contributed by atoms with van der Waals surface area (Å²) in [6.45, 7) is 9.71. The molecule has 2 aliphatic rings. The van der Waals surface area contributed by atoms with Gasteiger partial charge in [-0.25, -0.2) is 0 Å². The topological polar surface area (TPSA) is 15.3 Å². The first kappa shape index (κ1) is 16.3. The predicted molar refractivity (Wildman–Crippen MR) is 87.0 cm³/mol. The van der Waals surface area contributed by atoms with E-state index in [0.29, 0.717) is 0 Å². The monoisotopic (exact) mass is 282 g/mol. The highest BCUT2D eigenvalue weighted by atomic mass is 15.4. The fourth-order valence-electron chi connectivity index (χ4n) is 4.20. The fraction of sp³-hybridized carbons (Fsp3) is 1.00. The van der Waals surface area contributed by atoms with Gasteiger partial charge in [0.15, 0.2) is 0 Å². The highest BCUT2D eigenvalue weighted by molar-refractivity contribution is 4.83. The molecule has 2 atom stereocenters. The van der Waals surface area contributed by atoms with Crippen molar-refractivity contribution in [3.05, 3.63) is 0 Å². The predicted octanol–water partition coefficient (Wildman–Crippen LogP) is 2.47. The lowest BCUT2D eigenvalue weighted by atomic mass is 9.89. The van der Waals surface area contributed by atoms with E-state index in [1.807, 2.05) is 0 Å². The van der Waals surface area contributed by atoms with Crippen LogP contribution < -0.4 is 5.32 Å². The minimum Gasteiger partial charge on any atom is -0.322 e. The molecule has 2 heterocycles. The summed E-state index contributed by atoms with van der Waals surface area (Å²) in [5, 5.41) is 3.69. The molecule has 0 aromatic heterocycles. The second-order valence-electron chi connectivity index (χ2n) is 7.45. The molecule has 0 radical (unpaired) electrons. The van der Waals surface area contributed by atoms with Crippen LogP contribution in [0.1, 0.15) is 52.4 Å². The second kappa shape index (κ2) is 7.24. The Morgan fingerprint density at radius 2 is 1.70 bits per heavy atom. The van der Waals surface area contributed by atoms with Gasteiger partial charge in [-0.3, -0.25) is 4.90 Å².